The highest BCUT2D eigenvalue weighted by atomic mass is 32.1. The Morgan fingerprint density at radius 3 is 2.93 bits per heavy atom. The second-order valence-corrected chi connectivity index (χ2v) is 8.50. The van der Waals surface area contributed by atoms with E-state index >= 15 is 0 Å². The molecule has 1 aromatic heterocycles. The summed E-state index contributed by atoms with van der Waals surface area (Å²) in [4.78, 5) is 16.7. The molecule has 0 saturated carbocycles. The van der Waals surface area contributed by atoms with Gasteiger partial charge in [-0.05, 0) is 61.1 Å². The Labute approximate surface area is 173 Å². The molecule has 3 aromatic rings. The van der Waals surface area contributed by atoms with Crippen LogP contribution in [0.25, 0.3) is 10.6 Å². The van der Waals surface area contributed by atoms with E-state index < -0.39 is 5.97 Å². The number of aryl methyl sites for hydroxylation is 2. The number of carbonyl (C=O) groups is 1. The predicted octanol–water partition coefficient (Wildman–Crippen LogP) is 5.38. The van der Waals surface area contributed by atoms with Crippen LogP contribution in [0.3, 0.4) is 0 Å². The molecule has 1 aliphatic rings. The van der Waals surface area contributed by atoms with Crippen LogP contribution in [0.2, 0.25) is 0 Å². The van der Waals surface area contributed by atoms with Crippen molar-refractivity contribution in [2.75, 3.05) is 6.61 Å². The number of benzene rings is 2. The minimum absolute atomic E-state index is 0.103. The second-order valence-electron chi connectivity index (χ2n) is 7.29. The van der Waals surface area contributed by atoms with Crippen molar-refractivity contribution in [1.29, 1.82) is 0 Å². The van der Waals surface area contributed by atoms with E-state index in [-0.39, 0.29) is 18.2 Å². The number of fused-ring (bicyclic) bond motifs is 1. The lowest BCUT2D eigenvalue weighted by molar-refractivity contribution is -0.137. The molecule has 0 amide bonds. The molecule has 0 saturated heterocycles. The molecule has 1 unspecified atom stereocenters. The fourth-order valence-corrected chi connectivity index (χ4v) is 4.86. The highest BCUT2D eigenvalue weighted by molar-refractivity contribution is 7.15. The van der Waals surface area contributed by atoms with Crippen molar-refractivity contribution in [3.63, 3.8) is 0 Å². The normalized spacial score (nSPS) is 15.3. The number of thiazole rings is 1. The number of ether oxygens (including phenoxy) is 1. The molecule has 150 valence electrons. The lowest BCUT2D eigenvalue weighted by Crippen LogP contribution is -2.04. The molecule has 6 heteroatoms. The molecule has 1 atom stereocenters. The highest BCUT2D eigenvalue weighted by Crippen LogP contribution is 2.37. The van der Waals surface area contributed by atoms with Gasteiger partial charge in [0.15, 0.2) is 0 Å². The van der Waals surface area contributed by atoms with Gasteiger partial charge in [-0.15, -0.1) is 11.3 Å². The lowest BCUT2D eigenvalue weighted by atomic mass is 9.98. The Kier molecular flexibility index (Phi) is 5.62. The van der Waals surface area contributed by atoms with Crippen LogP contribution in [0.1, 0.15) is 40.5 Å². The molecule has 0 fully saturated rings. The molecular formula is C23H22FNO3S. The lowest BCUT2D eigenvalue weighted by Gasteiger charge is -2.10. The summed E-state index contributed by atoms with van der Waals surface area (Å²) in [5, 5.41) is 9.73. The monoisotopic (exact) mass is 411 g/mol. The van der Waals surface area contributed by atoms with Gasteiger partial charge in [0.25, 0.3) is 0 Å². The maximum absolute atomic E-state index is 14.0. The van der Waals surface area contributed by atoms with Crippen molar-refractivity contribution in [2.24, 2.45) is 0 Å². The molecule has 29 heavy (non-hydrogen) atoms. The Hall–Kier alpha value is -2.73. The van der Waals surface area contributed by atoms with E-state index in [9.17, 15) is 9.18 Å². The zero-order chi connectivity index (χ0) is 20.4. The zero-order valence-electron chi connectivity index (χ0n) is 16.2. The number of hydrogen-bond acceptors (Lipinski definition) is 4. The van der Waals surface area contributed by atoms with E-state index in [1.54, 1.807) is 12.1 Å². The maximum atomic E-state index is 14.0. The van der Waals surface area contributed by atoms with Gasteiger partial charge in [0.2, 0.25) is 0 Å². The number of halogens is 1. The molecule has 1 heterocycles. The number of carboxylic acids is 1. The van der Waals surface area contributed by atoms with Crippen LogP contribution < -0.4 is 4.74 Å². The summed E-state index contributed by atoms with van der Waals surface area (Å²) in [5.74, 6) is -0.118. The third kappa shape index (κ3) is 4.32. The first-order chi connectivity index (χ1) is 14.0. The van der Waals surface area contributed by atoms with Gasteiger partial charge in [-0.25, -0.2) is 9.37 Å². The fraction of sp³-hybridized carbons (Fsp3) is 0.304. The van der Waals surface area contributed by atoms with Gasteiger partial charge >= 0.3 is 5.97 Å². The summed E-state index contributed by atoms with van der Waals surface area (Å²) in [7, 11) is 0. The number of hydrogen-bond donors (Lipinski definition) is 1. The molecule has 2 aromatic carbocycles. The summed E-state index contributed by atoms with van der Waals surface area (Å²) in [6, 6.07) is 12.6. The smallest absolute Gasteiger partial charge is 0.303 e. The Bertz CT molecular complexity index is 1050. The van der Waals surface area contributed by atoms with Crippen molar-refractivity contribution in [3.8, 4) is 16.3 Å². The second kappa shape index (κ2) is 8.33. The summed E-state index contributed by atoms with van der Waals surface area (Å²) in [6.45, 7) is 2.48. The third-order valence-corrected chi connectivity index (χ3v) is 6.39. The van der Waals surface area contributed by atoms with Crippen LogP contribution in [0, 0.1) is 12.7 Å². The first-order valence-corrected chi connectivity index (χ1v) is 10.5. The van der Waals surface area contributed by atoms with Crippen molar-refractivity contribution < 1.29 is 19.0 Å². The standard InChI is InChI=1S/C23H22FNO3S/c1-14-21(25-23(29-14)19-4-2-3-5-20(19)24)10-11-28-17-8-9-18-15(12-17)6-7-16(18)13-22(26)27/h2-5,8-9,12,16H,6-7,10-11,13H2,1H3,(H,26,27). The molecule has 0 radical (unpaired) electrons. The number of aliphatic carboxylic acids is 1. The van der Waals surface area contributed by atoms with Gasteiger partial charge < -0.3 is 9.84 Å². The topological polar surface area (TPSA) is 59.4 Å². The van der Waals surface area contributed by atoms with Crippen molar-refractivity contribution in [3.05, 3.63) is 70.0 Å². The Balaban J connectivity index is 1.39. The van der Waals surface area contributed by atoms with E-state index in [1.165, 1.54) is 23.0 Å². The Morgan fingerprint density at radius 1 is 1.31 bits per heavy atom. The molecule has 0 spiro atoms. The maximum Gasteiger partial charge on any atom is 0.303 e. The van der Waals surface area contributed by atoms with Gasteiger partial charge in [0.05, 0.1) is 18.7 Å². The van der Waals surface area contributed by atoms with Gasteiger partial charge in [-0.3, -0.25) is 4.79 Å². The number of carboxylic acid groups (broad SMARTS) is 1. The number of nitrogens with zero attached hydrogens (tertiary/aromatic N) is 1. The minimum atomic E-state index is -0.753. The average Bonchev–Trinajstić information content (AvgIpc) is 3.25. The zero-order valence-corrected chi connectivity index (χ0v) is 17.0. The number of aromatic nitrogens is 1. The summed E-state index contributed by atoms with van der Waals surface area (Å²) < 4.78 is 19.9. The third-order valence-electron chi connectivity index (χ3n) is 5.34. The van der Waals surface area contributed by atoms with Crippen LogP contribution in [0.5, 0.6) is 5.75 Å². The highest BCUT2D eigenvalue weighted by Gasteiger charge is 2.24. The van der Waals surface area contributed by atoms with E-state index in [0.717, 1.165) is 34.7 Å². The van der Waals surface area contributed by atoms with Gasteiger partial charge in [-0.1, -0.05) is 18.2 Å². The number of rotatable bonds is 7. The van der Waals surface area contributed by atoms with Crippen LogP contribution in [-0.4, -0.2) is 22.7 Å². The van der Waals surface area contributed by atoms with E-state index in [1.807, 2.05) is 31.2 Å². The largest absolute Gasteiger partial charge is 0.493 e. The molecule has 4 rings (SSSR count). The van der Waals surface area contributed by atoms with Gasteiger partial charge in [0.1, 0.15) is 16.6 Å². The predicted molar refractivity (Wildman–Crippen MR) is 111 cm³/mol. The van der Waals surface area contributed by atoms with E-state index in [4.69, 9.17) is 9.84 Å². The van der Waals surface area contributed by atoms with Crippen molar-refractivity contribution in [2.45, 2.75) is 38.5 Å². The van der Waals surface area contributed by atoms with E-state index in [0.29, 0.717) is 23.6 Å². The fourth-order valence-electron chi connectivity index (χ4n) is 3.87. The molecule has 0 bridgehead atoms. The summed E-state index contributed by atoms with van der Waals surface area (Å²) >= 11 is 1.49. The minimum Gasteiger partial charge on any atom is -0.493 e. The molecule has 4 nitrogen and oxygen atoms in total. The van der Waals surface area contributed by atoms with Crippen molar-refractivity contribution >= 4 is 17.3 Å². The molecule has 0 aliphatic heterocycles. The van der Waals surface area contributed by atoms with Gasteiger partial charge in [-0.2, -0.15) is 0 Å². The average molecular weight is 411 g/mol. The van der Waals surface area contributed by atoms with Crippen LogP contribution in [0.4, 0.5) is 4.39 Å². The first-order valence-electron chi connectivity index (χ1n) is 9.70. The molecule has 1 N–H and O–H groups in total. The summed E-state index contributed by atoms with van der Waals surface area (Å²) in [5.41, 5.74) is 3.77. The quantitative estimate of drug-likeness (QED) is 0.567. The van der Waals surface area contributed by atoms with Crippen LogP contribution >= 0.6 is 11.3 Å². The van der Waals surface area contributed by atoms with Crippen LogP contribution in [0.15, 0.2) is 42.5 Å². The molecular weight excluding hydrogens is 389 g/mol. The summed E-state index contributed by atoms with van der Waals surface area (Å²) in [6.07, 6.45) is 2.60. The SMILES string of the molecule is Cc1sc(-c2ccccc2F)nc1CCOc1ccc2c(c1)CCC2CC(=O)O. The van der Waals surface area contributed by atoms with E-state index in [2.05, 4.69) is 4.98 Å². The molecule has 1 aliphatic carbocycles. The Morgan fingerprint density at radius 2 is 2.14 bits per heavy atom. The van der Waals surface area contributed by atoms with Crippen molar-refractivity contribution in [1.82, 2.24) is 4.98 Å². The van der Waals surface area contributed by atoms with Crippen LogP contribution in [-0.2, 0) is 17.6 Å². The van der Waals surface area contributed by atoms with Gasteiger partial charge in [0, 0.05) is 16.9 Å². The first kappa shape index (κ1) is 19.6.